The zero-order chi connectivity index (χ0) is 11.5. The van der Waals surface area contributed by atoms with Crippen LogP contribution in [0.3, 0.4) is 0 Å². The van der Waals surface area contributed by atoms with Crippen LogP contribution in [0.4, 0.5) is 13.2 Å². The molecule has 1 atom stereocenters. The van der Waals surface area contributed by atoms with Crippen molar-refractivity contribution in [2.45, 2.75) is 19.1 Å². The maximum absolute atomic E-state index is 11.9. The van der Waals surface area contributed by atoms with E-state index in [1.54, 1.807) is 6.07 Å². The molecular formula is C9H12F3NOS. The molecule has 1 aromatic heterocycles. The van der Waals surface area contributed by atoms with Gasteiger partial charge in [-0.15, -0.1) is 11.3 Å². The van der Waals surface area contributed by atoms with E-state index in [0.29, 0.717) is 0 Å². The number of aliphatic hydroxyl groups is 1. The van der Waals surface area contributed by atoms with Crippen molar-refractivity contribution in [3.05, 3.63) is 21.9 Å². The average Bonchev–Trinajstić information content (AvgIpc) is 2.51. The topological polar surface area (TPSA) is 32.3 Å². The van der Waals surface area contributed by atoms with Crippen molar-refractivity contribution >= 4 is 11.3 Å². The van der Waals surface area contributed by atoms with Crippen molar-refractivity contribution in [1.29, 1.82) is 0 Å². The van der Waals surface area contributed by atoms with Gasteiger partial charge in [-0.2, -0.15) is 13.2 Å². The van der Waals surface area contributed by atoms with Crippen LogP contribution >= 0.6 is 11.3 Å². The molecule has 0 spiro atoms. The second-order valence-electron chi connectivity index (χ2n) is 3.18. The first-order chi connectivity index (χ1) is 6.92. The molecule has 1 heterocycles. The minimum absolute atomic E-state index is 0.337. The Labute approximate surface area is 89.7 Å². The molecule has 0 bridgehead atoms. The lowest BCUT2D eigenvalue weighted by Crippen LogP contribution is -2.33. The quantitative estimate of drug-likeness (QED) is 0.844. The number of aliphatic hydroxyl groups excluding tert-OH is 1. The van der Waals surface area contributed by atoms with Gasteiger partial charge < -0.3 is 5.11 Å². The summed E-state index contributed by atoms with van der Waals surface area (Å²) in [6.45, 7) is 0.442. The van der Waals surface area contributed by atoms with Crippen LogP contribution in [-0.4, -0.2) is 24.4 Å². The van der Waals surface area contributed by atoms with Crippen molar-refractivity contribution < 1.29 is 18.3 Å². The number of alkyl halides is 3. The maximum Gasteiger partial charge on any atom is 0.401 e. The normalized spacial score (nSPS) is 14.2. The van der Waals surface area contributed by atoms with Crippen LogP contribution < -0.4 is 5.32 Å². The van der Waals surface area contributed by atoms with E-state index in [1.807, 2.05) is 13.0 Å². The van der Waals surface area contributed by atoms with Gasteiger partial charge in [-0.05, 0) is 19.1 Å². The molecule has 0 fully saturated rings. The Morgan fingerprint density at radius 3 is 2.53 bits per heavy atom. The lowest BCUT2D eigenvalue weighted by atomic mass is 10.2. The fourth-order valence-corrected chi connectivity index (χ4v) is 2.08. The number of thiophene rings is 1. The first-order valence-corrected chi connectivity index (χ1v) is 5.21. The Morgan fingerprint density at radius 2 is 2.13 bits per heavy atom. The van der Waals surface area contributed by atoms with Gasteiger partial charge in [0.05, 0.1) is 19.2 Å². The van der Waals surface area contributed by atoms with E-state index in [0.717, 1.165) is 9.75 Å². The first kappa shape index (κ1) is 12.5. The van der Waals surface area contributed by atoms with Crippen molar-refractivity contribution in [1.82, 2.24) is 5.32 Å². The summed E-state index contributed by atoms with van der Waals surface area (Å²) >= 11 is 1.38. The zero-order valence-corrected chi connectivity index (χ0v) is 8.95. The smallest absolute Gasteiger partial charge is 0.394 e. The van der Waals surface area contributed by atoms with Gasteiger partial charge in [0.2, 0.25) is 0 Å². The predicted molar refractivity (Wildman–Crippen MR) is 52.9 cm³/mol. The molecule has 0 aliphatic rings. The van der Waals surface area contributed by atoms with Gasteiger partial charge in [0.25, 0.3) is 0 Å². The van der Waals surface area contributed by atoms with Crippen LogP contribution in [-0.2, 0) is 0 Å². The molecular weight excluding hydrogens is 227 g/mol. The highest BCUT2D eigenvalue weighted by Crippen LogP contribution is 2.23. The minimum atomic E-state index is -4.25. The van der Waals surface area contributed by atoms with E-state index >= 15 is 0 Å². The third kappa shape index (κ3) is 4.19. The molecule has 0 aromatic carbocycles. The van der Waals surface area contributed by atoms with Gasteiger partial charge in [0.15, 0.2) is 0 Å². The van der Waals surface area contributed by atoms with Gasteiger partial charge >= 0.3 is 6.18 Å². The number of hydrogen-bond donors (Lipinski definition) is 2. The molecule has 1 unspecified atom stereocenters. The van der Waals surface area contributed by atoms with E-state index in [9.17, 15) is 13.2 Å². The molecule has 0 radical (unpaired) electrons. The number of halogens is 3. The fourth-order valence-electron chi connectivity index (χ4n) is 1.13. The van der Waals surface area contributed by atoms with Crippen molar-refractivity contribution in [2.75, 3.05) is 13.2 Å². The molecule has 0 amide bonds. The Hall–Kier alpha value is -0.590. The number of hydrogen-bond acceptors (Lipinski definition) is 3. The number of rotatable bonds is 4. The molecule has 0 saturated heterocycles. The molecule has 0 saturated carbocycles. The second kappa shape index (κ2) is 4.96. The molecule has 6 heteroatoms. The summed E-state index contributed by atoms with van der Waals surface area (Å²) in [4.78, 5) is 1.73. The standard InChI is InChI=1S/C9H12F3NOS/c1-6-2-3-8(15-6)7(4-14)13-5-9(10,11)12/h2-3,7,13-14H,4-5H2,1H3. The lowest BCUT2D eigenvalue weighted by Gasteiger charge is -2.15. The molecule has 2 nitrogen and oxygen atoms in total. The lowest BCUT2D eigenvalue weighted by molar-refractivity contribution is -0.126. The molecule has 86 valence electrons. The van der Waals surface area contributed by atoms with E-state index in [-0.39, 0.29) is 6.61 Å². The Kier molecular flexibility index (Phi) is 4.12. The zero-order valence-electron chi connectivity index (χ0n) is 8.14. The molecule has 2 N–H and O–H groups in total. The average molecular weight is 239 g/mol. The van der Waals surface area contributed by atoms with Gasteiger partial charge in [0.1, 0.15) is 0 Å². The molecule has 1 rings (SSSR count). The Balaban J connectivity index is 2.57. The van der Waals surface area contributed by atoms with Crippen LogP contribution in [0.2, 0.25) is 0 Å². The SMILES string of the molecule is Cc1ccc(C(CO)NCC(F)(F)F)s1. The third-order valence-corrected chi connectivity index (χ3v) is 2.95. The summed E-state index contributed by atoms with van der Waals surface area (Å²) in [5, 5.41) is 11.2. The summed E-state index contributed by atoms with van der Waals surface area (Å²) in [6, 6.07) is 2.91. The fraction of sp³-hybridized carbons (Fsp3) is 0.556. The molecule has 0 aliphatic heterocycles. The van der Waals surface area contributed by atoms with Gasteiger partial charge in [-0.3, -0.25) is 5.32 Å². The molecule has 15 heavy (non-hydrogen) atoms. The monoisotopic (exact) mass is 239 g/mol. The Bertz CT molecular complexity index is 311. The highest BCUT2D eigenvalue weighted by Gasteiger charge is 2.28. The first-order valence-electron chi connectivity index (χ1n) is 4.39. The van der Waals surface area contributed by atoms with E-state index in [2.05, 4.69) is 5.32 Å². The van der Waals surface area contributed by atoms with Crippen LogP contribution in [0, 0.1) is 6.92 Å². The van der Waals surface area contributed by atoms with E-state index in [4.69, 9.17) is 5.11 Å². The number of nitrogens with one attached hydrogen (secondary N) is 1. The van der Waals surface area contributed by atoms with Crippen molar-refractivity contribution in [3.8, 4) is 0 Å². The summed E-state index contributed by atoms with van der Waals surface area (Å²) < 4.78 is 35.8. The summed E-state index contributed by atoms with van der Waals surface area (Å²) in [5.74, 6) is 0. The molecule has 0 aliphatic carbocycles. The highest BCUT2D eigenvalue weighted by molar-refractivity contribution is 7.12. The summed E-state index contributed by atoms with van der Waals surface area (Å²) in [6.07, 6.45) is -4.25. The summed E-state index contributed by atoms with van der Waals surface area (Å²) in [5.41, 5.74) is 0. The van der Waals surface area contributed by atoms with E-state index < -0.39 is 18.8 Å². The van der Waals surface area contributed by atoms with Crippen LogP contribution in [0.5, 0.6) is 0 Å². The van der Waals surface area contributed by atoms with Gasteiger partial charge in [-0.25, -0.2) is 0 Å². The van der Waals surface area contributed by atoms with Crippen molar-refractivity contribution in [3.63, 3.8) is 0 Å². The largest absolute Gasteiger partial charge is 0.401 e. The Morgan fingerprint density at radius 1 is 1.47 bits per heavy atom. The summed E-state index contributed by atoms with van der Waals surface area (Å²) in [7, 11) is 0. The maximum atomic E-state index is 11.9. The van der Waals surface area contributed by atoms with Gasteiger partial charge in [-0.1, -0.05) is 0 Å². The second-order valence-corrected chi connectivity index (χ2v) is 4.50. The third-order valence-electron chi connectivity index (χ3n) is 1.84. The van der Waals surface area contributed by atoms with Crippen LogP contribution in [0.25, 0.3) is 0 Å². The van der Waals surface area contributed by atoms with E-state index in [1.165, 1.54) is 11.3 Å². The predicted octanol–water partition coefficient (Wildman–Crippen LogP) is 2.24. The molecule has 1 aromatic rings. The van der Waals surface area contributed by atoms with Crippen molar-refractivity contribution in [2.24, 2.45) is 0 Å². The highest BCUT2D eigenvalue weighted by atomic mass is 32.1. The van der Waals surface area contributed by atoms with Crippen LogP contribution in [0.15, 0.2) is 12.1 Å². The van der Waals surface area contributed by atoms with Crippen LogP contribution in [0.1, 0.15) is 15.8 Å². The van der Waals surface area contributed by atoms with Gasteiger partial charge in [0, 0.05) is 9.75 Å². The minimum Gasteiger partial charge on any atom is -0.394 e. The number of aryl methyl sites for hydroxylation is 1.